The molecule has 1 aliphatic rings. The SMILES string of the molecule is Cc1cc(CN[C@@H]2c3ccccc3C[C@@H]2O)c(OC(F)F)cc1C. The summed E-state index contributed by atoms with van der Waals surface area (Å²) in [6, 6.07) is 11.2. The second-order valence-corrected chi connectivity index (χ2v) is 6.25. The molecule has 0 amide bonds. The van der Waals surface area contributed by atoms with Gasteiger partial charge in [-0.05, 0) is 42.2 Å². The monoisotopic (exact) mass is 333 g/mol. The average molecular weight is 333 g/mol. The highest BCUT2D eigenvalue weighted by molar-refractivity contribution is 5.42. The molecule has 3 nitrogen and oxygen atoms in total. The lowest BCUT2D eigenvalue weighted by atomic mass is 10.0. The molecule has 3 rings (SSSR count). The van der Waals surface area contributed by atoms with Crippen molar-refractivity contribution in [3.05, 3.63) is 64.2 Å². The fourth-order valence-corrected chi connectivity index (χ4v) is 3.23. The number of aryl methyl sites for hydroxylation is 2. The van der Waals surface area contributed by atoms with Gasteiger partial charge in [-0.3, -0.25) is 0 Å². The van der Waals surface area contributed by atoms with Crippen LogP contribution in [0, 0.1) is 13.8 Å². The number of rotatable bonds is 5. The van der Waals surface area contributed by atoms with Crippen molar-refractivity contribution in [2.24, 2.45) is 0 Å². The van der Waals surface area contributed by atoms with E-state index in [0.29, 0.717) is 18.5 Å². The van der Waals surface area contributed by atoms with Crippen molar-refractivity contribution >= 4 is 0 Å². The van der Waals surface area contributed by atoms with Gasteiger partial charge in [0.25, 0.3) is 0 Å². The molecule has 0 saturated carbocycles. The van der Waals surface area contributed by atoms with E-state index in [0.717, 1.165) is 22.3 Å². The van der Waals surface area contributed by atoms with E-state index in [9.17, 15) is 13.9 Å². The summed E-state index contributed by atoms with van der Waals surface area (Å²) in [5.41, 5.74) is 4.76. The van der Waals surface area contributed by atoms with Crippen molar-refractivity contribution in [2.45, 2.75) is 45.6 Å². The molecule has 0 radical (unpaired) electrons. The summed E-state index contributed by atoms with van der Waals surface area (Å²) in [6.07, 6.45) is 0.0784. The number of fused-ring (bicyclic) bond motifs is 1. The molecular formula is C19H21F2NO2. The van der Waals surface area contributed by atoms with Gasteiger partial charge in [0.1, 0.15) is 5.75 Å². The molecule has 2 atom stereocenters. The van der Waals surface area contributed by atoms with Crippen LogP contribution in [0.5, 0.6) is 5.75 Å². The van der Waals surface area contributed by atoms with Gasteiger partial charge in [-0.1, -0.05) is 30.3 Å². The molecule has 24 heavy (non-hydrogen) atoms. The van der Waals surface area contributed by atoms with Crippen LogP contribution >= 0.6 is 0 Å². The molecule has 0 fully saturated rings. The lowest BCUT2D eigenvalue weighted by Crippen LogP contribution is -2.28. The van der Waals surface area contributed by atoms with Crippen LogP contribution < -0.4 is 10.1 Å². The Labute approximate surface area is 140 Å². The van der Waals surface area contributed by atoms with Crippen molar-refractivity contribution in [1.82, 2.24) is 5.32 Å². The van der Waals surface area contributed by atoms with Gasteiger partial charge in [-0.2, -0.15) is 8.78 Å². The first kappa shape index (κ1) is 16.9. The number of aliphatic hydroxyl groups is 1. The smallest absolute Gasteiger partial charge is 0.387 e. The molecule has 2 N–H and O–H groups in total. The molecule has 0 heterocycles. The molecule has 2 aromatic rings. The molecule has 0 aromatic heterocycles. The van der Waals surface area contributed by atoms with Crippen LogP contribution in [0.15, 0.2) is 36.4 Å². The third kappa shape index (κ3) is 3.42. The Morgan fingerprint density at radius 1 is 1.21 bits per heavy atom. The van der Waals surface area contributed by atoms with Crippen molar-refractivity contribution in [3.8, 4) is 5.75 Å². The Morgan fingerprint density at radius 3 is 2.67 bits per heavy atom. The van der Waals surface area contributed by atoms with Gasteiger partial charge in [-0.15, -0.1) is 0 Å². The highest BCUT2D eigenvalue weighted by atomic mass is 19.3. The van der Waals surface area contributed by atoms with Crippen molar-refractivity contribution in [1.29, 1.82) is 0 Å². The first-order valence-electron chi connectivity index (χ1n) is 8.00. The normalized spacial score (nSPS) is 19.6. The fourth-order valence-electron chi connectivity index (χ4n) is 3.23. The number of ether oxygens (including phenoxy) is 1. The Kier molecular flexibility index (Phi) is 4.83. The van der Waals surface area contributed by atoms with Gasteiger partial charge in [-0.25, -0.2) is 0 Å². The van der Waals surface area contributed by atoms with Crippen LogP contribution in [0.1, 0.15) is 33.9 Å². The summed E-state index contributed by atoms with van der Waals surface area (Å²) in [7, 11) is 0. The standard InChI is InChI=1S/C19H21F2NO2/c1-11-7-14(17(8-12(11)2)24-19(20)21)10-22-18-15-6-4-3-5-13(15)9-16(18)23/h3-8,16,18-19,22-23H,9-10H2,1-2H3/t16-,18+/m0/s1. The molecule has 2 aromatic carbocycles. The van der Waals surface area contributed by atoms with E-state index >= 15 is 0 Å². The minimum atomic E-state index is -2.86. The number of benzene rings is 2. The zero-order valence-corrected chi connectivity index (χ0v) is 13.7. The molecular weight excluding hydrogens is 312 g/mol. The molecule has 5 heteroatoms. The molecule has 0 saturated heterocycles. The van der Waals surface area contributed by atoms with Crippen LogP contribution in [-0.2, 0) is 13.0 Å². The Morgan fingerprint density at radius 2 is 1.92 bits per heavy atom. The second-order valence-electron chi connectivity index (χ2n) is 6.25. The number of aliphatic hydroxyl groups excluding tert-OH is 1. The van der Waals surface area contributed by atoms with Crippen LogP contribution in [0.25, 0.3) is 0 Å². The van der Waals surface area contributed by atoms with Gasteiger partial charge < -0.3 is 15.2 Å². The first-order valence-corrected chi connectivity index (χ1v) is 8.00. The predicted octanol–water partition coefficient (Wildman–Crippen LogP) is 3.65. The summed E-state index contributed by atoms with van der Waals surface area (Å²) in [4.78, 5) is 0. The quantitative estimate of drug-likeness (QED) is 0.877. The van der Waals surface area contributed by atoms with Gasteiger partial charge in [0, 0.05) is 18.5 Å². The lowest BCUT2D eigenvalue weighted by Gasteiger charge is -2.20. The summed E-state index contributed by atoms with van der Waals surface area (Å²) < 4.78 is 30.0. The summed E-state index contributed by atoms with van der Waals surface area (Å²) in [5, 5.41) is 13.6. The number of hydrogen-bond donors (Lipinski definition) is 2. The van der Waals surface area contributed by atoms with Crippen LogP contribution in [0.4, 0.5) is 8.78 Å². The van der Waals surface area contributed by atoms with Crippen LogP contribution in [0.2, 0.25) is 0 Å². The summed E-state index contributed by atoms with van der Waals surface area (Å²) >= 11 is 0. The van der Waals surface area contributed by atoms with Gasteiger partial charge in [0.15, 0.2) is 0 Å². The Hall–Kier alpha value is -1.98. The van der Waals surface area contributed by atoms with Crippen LogP contribution in [-0.4, -0.2) is 17.8 Å². The molecule has 0 aliphatic heterocycles. The van der Waals surface area contributed by atoms with E-state index in [2.05, 4.69) is 10.1 Å². The van der Waals surface area contributed by atoms with Crippen molar-refractivity contribution in [2.75, 3.05) is 0 Å². The average Bonchev–Trinajstić information content (AvgIpc) is 2.84. The zero-order chi connectivity index (χ0) is 17.3. The number of nitrogens with one attached hydrogen (secondary N) is 1. The lowest BCUT2D eigenvalue weighted by molar-refractivity contribution is -0.0505. The van der Waals surface area contributed by atoms with E-state index < -0.39 is 12.7 Å². The maximum absolute atomic E-state index is 12.7. The molecule has 0 bridgehead atoms. The van der Waals surface area contributed by atoms with Gasteiger partial charge in [0.05, 0.1) is 12.1 Å². The largest absolute Gasteiger partial charge is 0.434 e. The summed E-state index contributed by atoms with van der Waals surface area (Å²) in [5.74, 6) is 0.182. The minimum absolute atomic E-state index is 0.182. The van der Waals surface area contributed by atoms with Crippen LogP contribution in [0.3, 0.4) is 0 Å². The first-order chi connectivity index (χ1) is 11.5. The predicted molar refractivity (Wildman–Crippen MR) is 88.3 cm³/mol. The number of halogens is 2. The van der Waals surface area contributed by atoms with E-state index in [1.807, 2.05) is 44.2 Å². The van der Waals surface area contributed by atoms with E-state index in [1.54, 1.807) is 6.07 Å². The maximum atomic E-state index is 12.7. The highest BCUT2D eigenvalue weighted by Crippen LogP contribution is 2.32. The van der Waals surface area contributed by atoms with E-state index in [-0.39, 0.29) is 11.8 Å². The zero-order valence-electron chi connectivity index (χ0n) is 13.7. The topological polar surface area (TPSA) is 41.5 Å². The fraction of sp³-hybridized carbons (Fsp3) is 0.368. The Bertz CT molecular complexity index is 733. The third-order valence-corrected chi connectivity index (χ3v) is 4.61. The van der Waals surface area contributed by atoms with E-state index in [1.165, 1.54) is 0 Å². The highest BCUT2D eigenvalue weighted by Gasteiger charge is 2.30. The van der Waals surface area contributed by atoms with Crippen molar-refractivity contribution in [3.63, 3.8) is 0 Å². The number of hydrogen-bond acceptors (Lipinski definition) is 3. The maximum Gasteiger partial charge on any atom is 0.387 e. The third-order valence-electron chi connectivity index (χ3n) is 4.61. The summed E-state index contributed by atoms with van der Waals surface area (Å²) in [6.45, 7) is 1.29. The van der Waals surface area contributed by atoms with Gasteiger partial charge >= 0.3 is 6.61 Å². The number of alkyl halides is 2. The van der Waals surface area contributed by atoms with E-state index in [4.69, 9.17) is 0 Å². The minimum Gasteiger partial charge on any atom is -0.434 e. The molecule has 128 valence electrons. The molecule has 0 spiro atoms. The second kappa shape index (κ2) is 6.87. The molecule has 1 aliphatic carbocycles. The molecule has 0 unspecified atom stereocenters. The van der Waals surface area contributed by atoms with Gasteiger partial charge in [0.2, 0.25) is 0 Å². The van der Waals surface area contributed by atoms with Crippen molar-refractivity contribution < 1.29 is 18.6 Å². The Balaban J connectivity index is 1.80.